The van der Waals surface area contributed by atoms with Crippen molar-refractivity contribution in [3.05, 3.63) is 17.6 Å². The highest BCUT2D eigenvalue weighted by atomic mass is 16.5. The van der Waals surface area contributed by atoms with Gasteiger partial charge in [0.25, 0.3) is 0 Å². The molecule has 0 bridgehead atoms. The lowest BCUT2D eigenvalue weighted by Gasteiger charge is -2.33. The maximum atomic E-state index is 8.71. The number of morpholine rings is 1. The molecule has 0 aromatic carbocycles. The highest BCUT2D eigenvalue weighted by Crippen LogP contribution is 2.17. The quantitative estimate of drug-likeness (QED) is 0.353. The van der Waals surface area contributed by atoms with Crippen LogP contribution in [0.4, 0.5) is 5.82 Å². The van der Waals surface area contributed by atoms with Crippen molar-refractivity contribution in [3.63, 3.8) is 0 Å². The van der Waals surface area contributed by atoms with Crippen LogP contribution in [0.3, 0.4) is 0 Å². The molecule has 7 nitrogen and oxygen atoms in total. The Bertz CT molecular complexity index is 477. The first-order valence-electron chi connectivity index (χ1n) is 6.32. The molecule has 0 amide bonds. The maximum Gasteiger partial charge on any atom is 0.170 e. The molecule has 1 aliphatic rings. The monoisotopic (exact) mass is 265 g/mol. The summed E-state index contributed by atoms with van der Waals surface area (Å²) in [6.07, 6.45) is 0.462. The number of nitrogens with zero attached hydrogens (tertiary/aromatic N) is 4. The second-order valence-corrected chi connectivity index (χ2v) is 4.45. The number of rotatable bonds is 3. The lowest BCUT2D eigenvalue weighted by atomic mass is 10.2. The highest BCUT2D eigenvalue weighted by Gasteiger charge is 2.25. The Balaban J connectivity index is 2.19. The van der Waals surface area contributed by atoms with Crippen molar-refractivity contribution in [1.82, 2.24) is 9.97 Å². The molecule has 2 heterocycles. The van der Waals surface area contributed by atoms with Crippen LogP contribution in [0.15, 0.2) is 11.2 Å². The molecule has 1 fully saturated rings. The van der Waals surface area contributed by atoms with E-state index in [1.165, 1.54) is 0 Å². The van der Waals surface area contributed by atoms with E-state index in [2.05, 4.69) is 26.9 Å². The van der Waals surface area contributed by atoms with Crippen molar-refractivity contribution >= 4 is 11.7 Å². The van der Waals surface area contributed by atoms with Crippen LogP contribution in [-0.2, 0) is 11.2 Å². The van der Waals surface area contributed by atoms with Crippen molar-refractivity contribution in [2.45, 2.75) is 26.4 Å². The number of ether oxygens (including phenoxy) is 1. The van der Waals surface area contributed by atoms with E-state index in [0.717, 1.165) is 30.3 Å². The SMILES string of the molecule is CCc1cc(N2CCOC(C(N)=NO)C2)nc(C)n1. The number of hydrogen-bond acceptors (Lipinski definition) is 6. The van der Waals surface area contributed by atoms with Gasteiger partial charge in [0, 0.05) is 18.3 Å². The van der Waals surface area contributed by atoms with Gasteiger partial charge < -0.3 is 20.6 Å². The van der Waals surface area contributed by atoms with E-state index in [4.69, 9.17) is 15.7 Å². The van der Waals surface area contributed by atoms with Gasteiger partial charge in [0.1, 0.15) is 17.7 Å². The van der Waals surface area contributed by atoms with E-state index in [-0.39, 0.29) is 5.84 Å². The molecule has 0 aliphatic carbocycles. The Morgan fingerprint density at radius 2 is 2.42 bits per heavy atom. The molecule has 1 aromatic heterocycles. The molecule has 3 N–H and O–H groups in total. The largest absolute Gasteiger partial charge is 0.409 e. The molecule has 1 aromatic rings. The zero-order valence-corrected chi connectivity index (χ0v) is 11.2. The number of aromatic nitrogens is 2. The summed E-state index contributed by atoms with van der Waals surface area (Å²) >= 11 is 0. The van der Waals surface area contributed by atoms with Crippen molar-refractivity contribution in [1.29, 1.82) is 0 Å². The smallest absolute Gasteiger partial charge is 0.170 e. The van der Waals surface area contributed by atoms with E-state index in [0.29, 0.717) is 13.2 Å². The molecule has 1 unspecified atom stereocenters. The summed E-state index contributed by atoms with van der Waals surface area (Å²) in [7, 11) is 0. The molecule has 7 heteroatoms. The van der Waals surface area contributed by atoms with Crippen LogP contribution in [0.25, 0.3) is 0 Å². The minimum Gasteiger partial charge on any atom is -0.409 e. The first kappa shape index (κ1) is 13.5. The van der Waals surface area contributed by atoms with Gasteiger partial charge in [-0.15, -0.1) is 0 Å². The molecule has 0 spiro atoms. The lowest BCUT2D eigenvalue weighted by molar-refractivity contribution is 0.0803. The first-order chi connectivity index (χ1) is 9.13. The number of hydrogen-bond donors (Lipinski definition) is 2. The van der Waals surface area contributed by atoms with Gasteiger partial charge in [-0.2, -0.15) is 0 Å². The average Bonchev–Trinajstić information content (AvgIpc) is 2.45. The Morgan fingerprint density at radius 1 is 1.63 bits per heavy atom. The van der Waals surface area contributed by atoms with Crippen LogP contribution in [0.5, 0.6) is 0 Å². The molecule has 104 valence electrons. The van der Waals surface area contributed by atoms with Crippen LogP contribution in [0.1, 0.15) is 18.4 Å². The van der Waals surface area contributed by atoms with E-state index in [1.54, 1.807) is 0 Å². The summed E-state index contributed by atoms with van der Waals surface area (Å²) in [4.78, 5) is 10.9. The highest BCUT2D eigenvalue weighted by molar-refractivity contribution is 5.85. The Morgan fingerprint density at radius 3 is 3.11 bits per heavy atom. The van der Waals surface area contributed by atoms with Crippen molar-refractivity contribution < 1.29 is 9.94 Å². The number of aryl methyl sites for hydroxylation is 2. The van der Waals surface area contributed by atoms with Gasteiger partial charge >= 0.3 is 0 Å². The van der Waals surface area contributed by atoms with E-state index in [1.807, 2.05) is 13.0 Å². The normalized spacial score (nSPS) is 20.6. The van der Waals surface area contributed by atoms with Crippen molar-refractivity contribution in [2.24, 2.45) is 10.9 Å². The molecule has 0 radical (unpaired) electrons. The summed E-state index contributed by atoms with van der Waals surface area (Å²) in [5.74, 6) is 1.70. The molecule has 1 saturated heterocycles. The summed E-state index contributed by atoms with van der Waals surface area (Å²) < 4.78 is 5.47. The molecular weight excluding hydrogens is 246 g/mol. The fraction of sp³-hybridized carbons (Fsp3) is 0.583. The lowest BCUT2D eigenvalue weighted by Crippen LogP contribution is -2.49. The van der Waals surface area contributed by atoms with Gasteiger partial charge in [0.05, 0.1) is 13.2 Å². The fourth-order valence-corrected chi connectivity index (χ4v) is 2.06. The molecule has 19 heavy (non-hydrogen) atoms. The molecule has 1 atom stereocenters. The van der Waals surface area contributed by atoms with Crippen LogP contribution >= 0.6 is 0 Å². The average molecular weight is 265 g/mol. The maximum absolute atomic E-state index is 8.71. The van der Waals surface area contributed by atoms with Crippen LogP contribution in [0.2, 0.25) is 0 Å². The zero-order chi connectivity index (χ0) is 13.8. The minimum atomic E-state index is -0.404. The predicted molar refractivity (Wildman–Crippen MR) is 71.5 cm³/mol. The second kappa shape index (κ2) is 5.83. The molecular formula is C12H19N5O2. The topological polar surface area (TPSA) is 96.9 Å². The van der Waals surface area contributed by atoms with Gasteiger partial charge in [-0.05, 0) is 13.3 Å². The third-order valence-corrected chi connectivity index (χ3v) is 3.08. The van der Waals surface area contributed by atoms with Gasteiger partial charge in [-0.1, -0.05) is 12.1 Å². The zero-order valence-electron chi connectivity index (χ0n) is 11.2. The van der Waals surface area contributed by atoms with E-state index < -0.39 is 6.10 Å². The van der Waals surface area contributed by atoms with Gasteiger partial charge in [0.2, 0.25) is 0 Å². The Hall–Kier alpha value is -1.89. The first-order valence-corrected chi connectivity index (χ1v) is 6.32. The van der Waals surface area contributed by atoms with E-state index in [9.17, 15) is 0 Å². The summed E-state index contributed by atoms with van der Waals surface area (Å²) in [5.41, 5.74) is 6.60. The van der Waals surface area contributed by atoms with Gasteiger partial charge in [0.15, 0.2) is 5.84 Å². The van der Waals surface area contributed by atoms with Crippen LogP contribution < -0.4 is 10.6 Å². The Kier molecular flexibility index (Phi) is 4.16. The van der Waals surface area contributed by atoms with Crippen LogP contribution in [0, 0.1) is 6.92 Å². The standard InChI is InChI=1S/C12H19N5O2/c1-3-9-6-11(15-8(2)14-9)17-4-5-19-10(7-17)12(13)16-18/h6,10,18H,3-5,7H2,1-2H3,(H2,13,16). The van der Waals surface area contributed by atoms with Crippen molar-refractivity contribution in [3.8, 4) is 0 Å². The number of anilines is 1. The molecule has 0 saturated carbocycles. The molecule has 2 rings (SSSR count). The third-order valence-electron chi connectivity index (χ3n) is 3.08. The summed E-state index contributed by atoms with van der Waals surface area (Å²) in [6, 6.07) is 1.97. The fourth-order valence-electron chi connectivity index (χ4n) is 2.06. The second-order valence-electron chi connectivity index (χ2n) is 4.45. The molecule has 1 aliphatic heterocycles. The predicted octanol–water partition coefficient (Wildman–Crippen LogP) is 0.299. The van der Waals surface area contributed by atoms with Gasteiger partial charge in [-0.25, -0.2) is 9.97 Å². The Labute approximate surface area is 112 Å². The minimum absolute atomic E-state index is 0.0891. The summed E-state index contributed by atoms with van der Waals surface area (Å²) in [6.45, 7) is 5.71. The van der Waals surface area contributed by atoms with Crippen LogP contribution in [-0.4, -0.2) is 46.8 Å². The number of oxime groups is 1. The summed E-state index contributed by atoms with van der Waals surface area (Å²) in [5, 5.41) is 11.7. The third kappa shape index (κ3) is 3.11. The van der Waals surface area contributed by atoms with Gasteiger partial charge in [-0.3, -0.25) is 0 Å². The van der Waals surface area contributed by atoms with Crippen molar-refractivity contribution in [2.75, 3.05) is 24.6 Å². The van der Waals surface area contributed by atoms with E-state index >= 15 is 0 Å². The number of nitrogens with two attached hydrogens (primary N) is 1. The number of amidine groups is 1.